The van der Waals surface area contributed by atoms with Crippen molar-refractivity contribution in [2.75, 3.05) is 0 Å². The molecule has 1 heterocycles. The zero-order valence-electron chi connectivity index (χ0n) is 10.4. The lowest BCUT2D eigenvalue weighted by atomic mass is 10.1. The Hall–Kier alpha value is -2.30. The zero-order chi connectivity index (χ0) is 13.8. The van der Waals surface area contributed by atoms with Gasteiger partial charge in [0.1, 0.15) is 17.3 Å². The van der Waals surface area contributed by atoms with Gasteiger partial charge in [-0.2, -0.15) is 0 Å². The molecule has 2 rings (SSSR count). The molecule has 19 heavy (non-hydrogen) atoms. The molecule has 0 aliphatic heterocycles. The molecule has 2 N–H and O–H groups in total. The lowest BCUT2D eigenvalue weighted by Gasteiger charge is -2.13. The van der Waals surface area contributed by atoms with Crippen LogP contribution in [0.15, 0.2) is 41.0 Å². The Kier molecular flexibility index (Phi) is 3.85. The predicted molar refractivity (Wildman–Crippen MR) is 67.4 cm³/mol. The van der Waals surface area contributed by atoms with Crippen LogP contribution in [0.5, 0.6) is 5.75 Å². The number of hydrogen-bond acceptors (Lipinski definition) is 3. The van der Waals surface area contributed by atoms with Gasteiger partial charge in [-0.1, -0.05) is 0 Å². The Balaban J connectivity index is 2.00. The summed E-state index contributed by atoms with van der Waals surface area (Å²) in [5.41, 5.74) is -0.0934. The fourth-order valence-electron chi connectivity index (χ4n) is 1.77. The van der Waals surface area contributed by atoms with Crippen LogP contribution in [0.1, 0.15) is 23.0 Å². The normalized spacial score (nSPS) is 12.1. The van der Waals surface area contributed by atoms with E-state index in [9.17, 15) is 9.18 Å². The van der Waals surface area contributed by atoms with Gasteiger partial charge in [-0.3, -0.25) is 4.79 Å². The summed E-state index contributed by atoms with van der Waals surface area (Å²) >= 11 is 0. The molecule has 0 spiro atoms. The standard InChI is InChI=1S/C14H14FNO3/c1-9(7-11-3-2-6-19-11)16-14(18)12-5-4-10(17)8-13(12)15/h2-6,8-9,17H,7H2,1H3,(H,16,18). The quantitative estimate of drug-likeness (QED) is 0.890. The van der Waals surface area contributed by atoms with E-state index in [1.807, 2.05) is 6.07 Å². The molecule has 1 aromatic carbocycles. The molecule has 0 saturated carbocycles. The van der Waals surface area contributed by atoms with Gasteiger partial charge in [0.05, 0.1) is 11.8 Å². The highest BCUT2D eigenvalue weighted by Crippen LogP contribution is 2.15. The number of benzene rings is 1. The van der Waals surface area contributed by atoms with Gasteiger partial charge >= 0.3 is 0 Å². The third-order valence-corrected chi connectivity index (χ3v) is 2.66. The van der Waals surface area contributed by atoms with E-state index in [1.165, 1.54) is 12.1 Å². The van der Waals surface area contributed by atoms with Gasteiger partial charge in [-0.05, 0) is 31.2 Å². The van der Waals surface area contributed by atoms with Crippen molar-refractivity contribution in [3.8, 4) is 5.75 Å². The van der Waals surface area contributed by atoms with Gasteiger partial charge in [-0.15, -0.1) is 0 Å². The molecule has 5 heteroatoms. The Morgan fingerprint density at radius 1 is 1.47 bits per heavy atom. The monoisotopic (exact) mass is 263 g/mol. The smallest absolute Gasteiger partial charge is 0.254 e. The zero-order valence-corrected chi connectivity index (χ0v) is 10.4. The van der Waals surface area contributed by atoms with Crippen LogP contribution in [-0.2, 0) is 6.42 Å². The van der Waals surface area contributed by atoms with Crippen molar-refractivity contribution in [1.29, 1.82) is 0 Å². The van der Waals surface area contributed by atoms with E-state index >= 15 is 0 Å². The molecule has 1 atom stereocenters. The number of halogens is 1. The number of rotatable bonds is 4. The summed E-state index contributed by atoms with van der Waals surface area (Å²) in [4.78, 5) is 11.9. The summed E-state index contributed by atoms with van der Waals surface area (Å²) < 4.78 is 18.7. The second-order valence-electron chi connectivity index (χ2n) is 4.32. The van der Waals surface area contributed by atoms with Crippen molar-refractivity contribution in [1.82, 2.24) is 5.32 Å². The van der Waals surface area contributed by atoms with Gasteiger partial charge < -0.3 is 14.8 Å². The minimum atomic E-state index is -0.748. The van der Waals surface area contributed by atoms with Crippen LogP contribution >= 0.6 is 0 Å². The van der Waals surface area contributed by atoms with Crippen LogP contribution in [0.25, 0.3) is 0 Å². The first-order valence-electron chi connectivity index (χ1n) is 5.88. The summed E-state index contributed by atoms with van der Waals surface area (Å²) in [6.07, 6.45) is 2.09. The molecule has 1 amide bonds. The Morgan fingerprint density at radius 3 is 2.89 bits per heavy atom. The minimum Gasteiger partial charge on any atom is -0.508 e. The molecule has 0 aliphatic rings. The summed E-state index contributed by atoms with van der Waals surface area (Å²) in [5, 5.41) is 11.8. The molecule has 100 valence electrons. The number of phenolic OH excluding ortho intramolecular Hbond substituents is 1. The predicted octanol–water partition coefficient (Wildman–Crippen LogP) is 2.49. The average Bonchev–Trinajstić information content (AvgIpc) is 2.81. The van der Waals surface area contributed by atoms with Crippen molar-refractivity contribution in [2.24, 2.45) is 0 Å². The first-order chi connectivity index (χ1) is 9.06. The second kappa shape index (κ2) is 5.56. The molecule has 0 saturated heterocycles. The number of carbonyl (C=O) groups is 1. The number of amides is 1. The van der Waals surface area contributed by atoms with E-state index in [4.69, 9.17) is 9.52 Å². The maximum Gasteiger partial charge on any atom is 0.254 e. The molecular weight excluding hydrogens is 249 g/mol. The SMILES string of the molecule is CC(Cc1ccco1)NC(=O)c1ccc(O)cc1F. The number of nitrogens with one attached hydrogen (secondary N) is 1. The molecule has 1 unspecified atom stereocenters. The first kappa shape index (κ1) is 13.1. The maximum atomic E-state index is 13.5. The first-order valence-corrected chi connectivity index (χ1v) is 5.88. The van der Waals surface area contributed by atoms with Crippen molar-refractivity contribution >= 4 is 5.91 Å². The third kappa shape index (κ3) is 3.34. The Bertz CT molecular complexity index is 566. The lowest BCUT2D eigenvalue weighted by molar-refractivity contribution is 0.0935. The van der Waals surface area contributed by atoms with E-state index in [0.717, 1.165) is 11.8 Å². The largest absolute Gasteiger partial charge is 0.508 e. The van der Waals surface area contributed by atoms with Crippen molar-refractivity contribution in [3.05, 3.63) is 53.7 Å². The molecule has 2 aromatic rings. The van der Waals surface area contributed by atoms with E-state index in [2.05, 4.69) is 5.32 Å². The molecular formula is C14H14FNO3. The highest BCUT2D eigenvalue weighted by atomic mass is 19.1. The second-order valence-corrected chi connectivity index (χ2v) is 4.32. The number of phenols is 1. The molecule has 4 nitrogen and oxygen atoms in total. The molecule has 0 bridgehead atoms. The minimum absolute atomic E-state index is 0.0934. The number of furan rings is 1. The topological polar surface area (TPSA) is 62.5 Å². The van der Waals surface area contributed by atoms with Gasteiger partial charge in [-0.25, -0.2) is 4.39 Å². The molecule has 0 fully saturated rings. The van der Waals surface area contributed by atoms with Crippen LogP contribution in [0.3, 0.4) is 0 Å². The van der Waals surface area contributed by atoms with Gasteiger partial charge in [0.2, 0.25) is 0 Å². The van der Waals surface area contributed by atoms with Gasteiger partial charge in [0, 0.05) is 18.5 Å². The average molecular weight is 263 g/mol. The summed E-state index contributed by atoms with van der Waals surface area (Å²) in [6.45, 7) is 1.80. The fraction of sp³-hybridized carbons (Fsp3) is 0.214. The van der Waals surface area contributed by atoms with E-state index in [1.54, 1.807) is 19.3 Å². The summed E-state index contributed by atoms with van der Waals surface area (Å²) in [5.74, 6) is -0.726. The van der Waals surface area contributed by atoms with E-state index in [0.29, 0.717) is 6.42 Å². The Morgan fingerprint density at radius 2 is 2.26 bits per heavy atom. The lowest BCUT2D eigenvalue weighted by Crippen LogP contribution is -2.34. The fourth-order valence-corrected chi connectivity index (χ4v) is 1.77. The summed E-state index contributed by atoms with van der Waals surface area (Å²) in [6, 6.07) is 6.82. The van der Waals surface area contributed by atoms with E-state index in [-0.39, 0.29) is 17.4 Å². The van der Waals surface area contributed by atoms with E-state index < -0.39 is 11.7 Å². The highest BCUT2D eigenvalue weighted by molar-refractivity contribution is 5.94. The molecule has 0 radical (unpaired) electrons. The Labute approximate surface area is 109 Å². The molecule has 0 aliphatic carbocycles. The van der Waals surface area contributed by atoms with Crippen molar-refractivity contribution in [2.45, 2.75) is 19.4 Å². The van der Waals surface area contributed by atoms with Crippen LogP contribution in [0, 0.1) is 5.82 Å². The highest BCUT2D eigenvalue weighted by Gasteiger charge is 2.15. The number of aromatic hydroxyl groups is 1. The van der Waals surface area contributed by atoms with Crippen LogP contribution < -0.4 is 5.32 Å². The number of carbonyl (C=O) groups excluding carboxylic acids is 1. The maximum absolute atomic E-state index is 13.5. The number of hydrogen-bond donors (Lipinski definition) is 2. The van der Waals surface area contributed by atoms with Crippen LogP contribution in [-0.4, -0.2) is 17.1 Å². The van der Waals surface area contributed by atoms with Gasteiger partial charge in [0.15, 0.2) is 0 Å². The van der Waals surface area contributed by atoms with Gasteiger partial charge in [0.25, 0.3) is 5.91 Å². The van der Waals surface area contributed by atoms with Crippen LogP contribution in [0.4, 0.5) is 4.39 Å². The molecule has 1 aromatic heterocycles. The van der Waals surface area contributed by atoms with Crippen molar-refractivity contribution in [3.63, 3.8) is 0 Å². The summed E-state index contributed by atoms with van der Waals surface area (Å²) in [7, 11) is 0. The van der Waals surface area contributed by atoms with Crippen LogP contribution in [0.2, 0.25) is 0 Å². The van der Waals surface area contributed by atoms with Crippen molar-refractivity contribution < 1.29 is 18.7 Å². The third-order valence-electron chi connectivity index (χ3n) is 2.66.